The maximum atomic E-state index is 10.3. The Balaban J connectivity index is 4.12. The van der Waals surface area contributed by atoms with Gasteiger partial charge in [0.15, 0.2) is 0 Å². The molecule has 0 spiro atoms. The van der Waals surface area contributed by atoms with Gasteiger partial charge in [0.25, 0.3) is 0 Å². The summed E-state index contributed by atoms with van der Waals surface area (Å²) in [5.41, 5.74) is 0. The van der Waals surface area contributed by atoms with Gasteiger partial charge in [-0.05, 0) is 0 Å². The van der Waals surface area contributed by atoms with Crippen molar-refractivity contribution >= 4 is 24.3 Å². The van der Waals surface area contributed by atoms with E-state index in [1.807, 2.05) is 0 Å². The highest BCUT2D eigenvalue weighted by Crippen LogP contribution is 2.55. The molecular weight excluding hydrogens is 221 g/mol. The zero-order valence-corrected chi connectivity index (χ0v) is 7.41. The molecule has 0 aliphatic carbocycles. The van der Waals surface area contributed by atoms with Gasteiger partial charge in [0.1, 0.15) is 0 Å². The van der Waals surface area contributed by atoms with Crippen molar-refractivity contribution in [2.24, 2.45) is 0 Å². The first-order chi connectivity index (χ1) is 4.83. The highest BCUT2D eigenvalue weighted by Gasteiger charge is 2.43. The van der Waals surface area contributed by atoms with Crippen molar-refractivity contribution in [3.05, 3.63) is 0 Å². The van der Waals surface area contributed by atoms with E-state index in [9.17, 15) is 13.7 Å². The van der Waals surface area contributed by atoms with E-state index in [1.54, 1.807) is 0 Å². The van der Waals surface area contributed by atoms with Crippen LogP contribution in [0.5, 0.6) is 0 Å². The summed E-state index contributed by atoms with van der Waals surface area (Å²) in [7, 11) is -11.6. The molecule has 0 amide bonds. The molecule has 0 aliphatic heterocycles. The van der Waals surface area contributed by atoms with E-state index in [1.165, 1.54) is 0 Å². The van der Waals surface area contributed by atoms with Crippen LogP contribution in [0.1, 0.15) is 0 Å². The zero-order chi connectivity index (χ0) is 9.07. The Hall–Kier alpha value is 0.230. The second-order valence-corrected chi connectivity index (χ2v) is 4.30. The number of phosphoric acid groups is 1. The molecular formula is H3O8P3+2. The Bertz CT molecular complexity index is 195. The maximum Gasteiger partial charge on any atom is 0.705 e. The first-order valence-electron chi connectivity index (χ1n) is 1.88. The summed E-state index contributed by atoms with van der Waals surface area (Å²) in [5, 5.41) is 0. The summed E-state index contributed by atoms with van der Waals surface area (Å²) in [5.74, 6) is 0. The van der Waals surface area contributed by atoms with Crippen LogP contribution in [0.15, 0.2) is 0 Å². The number of hydrogen-bond acceptors (Lipinski definition) is 5. The Labute approximate surface area is 62.3 Å². The normalized spacial score (nSPS) is 18.8. The van der Waals surface area contributed by atoms with Crippen molar-refractivity contribution in [3.63, 3.8) is 0 Å². The van der Waals surface area contributed by atoms with Gasteiger partial charge in [0, 0.05) is 17.8 Å². The predicted molar refractivity (Wildman–Crippen MR) is 31.6 cm³/mol. The minimum atomic E-state index is -4.87. The standard InChI is InChI=1S/HO8P3/c1-9(2)7-11(5,6)8-10(3)4/h(H-2,1,2,3,4,5,6)/p+2. The molecule has 0 bridgehead atoms. The van der Waals surface area contributed by atoms with Crippen LogP contribution in [-0.4, -0.2) is 14.7 Å². The maximum absolute atomic E-state index is 10.3. The summed E-state index contributed by atoms with van der Waals surface area (Å²) < 4.78 is 36.4. The van der Waals surface area contributed by atoms with E-state index in [4.69, 9.17) is 14.7 Å². The third-order valence-corrected chi connectivity index (χ3v) is 3.11. The molecule has 0 aromatic carbocycles. The number of rotatable bonds is 4. The van der Waals surface area contributed by atoms with Gasteiger partial charge < -0.3 is 0 Å². The van der Waals surface area contributed by atoms with Gasteiger partial charge in [-0.3, -0.25) is 4.89 Å². The Kier molecular flexibility index (Phi) is 4.39. The van der Waals surface area contributed by atoms with Crippen LogP contribution in [0.3, 0.4) is 0 Å². The van der Waals surface area contributed by atoms with E-state index in [0.29, 0.717) is 0 Å². The van der Waals surface area contributed by atoms with Gasteiger partial charge in [-0.25, -0.2) is 4.57 Å². The first-order valence-corrected chi connectivity index (χ1v) is 5.63. The molecule has 0 saturated carbocycles. The highest BCUT2D eigenvalue weighted by atomic mass is 31.3. The molecule has 0 aromatic heterocycles. The Morgan fingerprint density at radius 1 is 1.09 bits per heavy atom. The average molecular weight is 224 g/mol. The van der Waals surface area contributed by atoms with E-state index >= 15 is 0 Å². The average Bonchev–Trinajstić information content (AvgIpc) is 1.53. The van der Waals surface area contributed by atoms with Crippen LogP contribution in [0, 0.1) is 0 Å². The Morgan fingerprint density at radius 3 is 1.55 bits per heavy atom. The van der Waals surface area contributed by atoms with Crippen molar-refractivity contribution < 1.29 is 37.0 Å². The van der Waals surface area contributed by atoms with Crippen LogP contribution in [-0.2, 0) is 22.3 Å². The molecule has 0 aromatic rings. The zero-order valence-electron chi connectivity index (χ0n) is 4.72. The van der Waals surface area contributed by atoms with Crippen LogP contribution in [0.25, 0.3) is 0 Å². The fraction of sp³-hybridized carbons (Fsp3) is 0. The molecule has 2 unspecified atom stereocenters. The first kappa shape index (κ1) is 11.2. The topological polar surface area (TPSA) is 130 Å². The predicted octanol–water partition coefficient (Wildman–Crippen LogP) is 0.419. The van der Waals surface area contributed by atoms with Crippen molar-refractivity contribution in [2.45, 2.75) is 0 Å². The molecule has 64 valence electrons. The molecule has 11 heavy (non-hydrogen) atoms. The summed E-state index contributed by atoms with van der Waals surface area (Å²) in [6.45, 7) is 0. The van der Waals surface area contributed by atoms with E-state index in [0.717, 1.165) is 0 Å². The van der Waals surface area contributed by atoms with E-state index < -0.39 is 24.3 Å². The summed E-state index contributed by atoms with van der Waals surface area (Å²) in [4.78, 5) is 24.1. The van der Waals surface area contributed by atoms with Gasteiger partial charge in [-0.15, -0.1) is 9.79 Å². The minimum Gasteiger partial charge on any atom is -0.297 e. The van der Waals surface area contributed by atoms with Crippen molar-refractivity contribution in [3.8, 4) is 0 Å². The van der Waals surface area contributed by atoms with Gasteiger partial charge >= 0.3 is 24.3 Å². The lowest BCUT2D eigenvalue weighted by molar-refractivity contribution is 0.271. The molecule has 0 aliphatic rings. The van der Waals surface area contributed by atoms with Gasteiger partial charge in [-0.2, -0.15) is 0 Å². The second-order valence-electron chi connectivity index (χ2n) is 1.11. The highest BCUT2D eigenvalue weighted by molar-refractivity contribution is 7.60. The largest absolute Gasteiger partial charge is 0.705 e. The third-order valence-electron chi connectivity index (χ3n) is 0.346. The quantitative estimate of drug-likeness (QED) is 0.585. The number of hydrogen-bond donors (Lipinski definition) is 3. The van der Waals surface area contributed by atoms with E-state index in [2.05, 4.69) is 8.62 Å². The van der Waals surface area contributed by atoms with Crippen molar-refractivity contribution in [1.29, 1.82) is 0 Å². The molecule has 11 heteroatoms. The Morgan fingerprint density at radius 2 is 1.36 bits per heavy atom. The fourth-order valence-corrected chi connectivity index (χ4v) is 1.99. The molecule has 0 fully saturated rings. The third kappa shape index (κ3) is 6.62. The molecule has 8 nitrogen and oxygen atoms in total. The minimum absolute atomic E-state index is 3.35. The van der Waals surface area contributed by atoms with Crippen LogP contribution < -0.4 is 0 Å². The fourth-order valence-electron chi connectivity index (χ4n) is 0.191. The molecule has 0 rings (SSSR count). The summed E-state index contributed by atoms with van der Waals surface area (Å²) in [6, 6.07) is 0. The van der Waals surface area contributed by atoms with Crippen LogP contribution in [0.4, 0.5) is 0 Å². The van der Waals surface area contributed by atoms with Crippen LogP contribution in [0.2, 0.25) is 0 Å². The molecule has 0 saturated heterocycles. The smallest absolute Gasteiger partial charge is 0.297 e. The lowest BCUT2D eigenvalue weighted by atomic mass is 15.7. The van der Waals surface area contributed by atoms with Crippen LogP contribution >= 0.6 is 24.3 Å². The van der Waals surface area contributed by atoms with E-state index in [-0.39, 0.29) is 0 Å². The lowest BCUT2D eigenvalue weighted by Gasteiger charge is -1.88. The summed E-state index contributed by atoms with van der Waals surface area (Å²) in [6.07, 6.45) is 0. The van der Waals surface area contributed by atoms with Gasteiger partial charge in [0.05, 0.1) is 0 Å². The van der Waals surface area contributed by atoms with Crippen molar-refractivity contribution in [2.75, 3.05) is 0 Å². The monoisotopic (exact) mass is 224 g/mol. The second kappa shape index (κ2) is 4.30. The summed E-state index contributed by atoms with van der Waals surface area (Å²) >= 11 is 0. The molecule has 0 radical (unpaired) electrons. The molecule has 2 atom stereocenters. The van der Waals surface area contributed by atoms with Gasteiger partial charge in [0.2, 0.25) is 0 Å². The SMILES string of the molecule is O=[P+](O)OP(=O)(O)O[P+](=O)O. The lowest BCUT2D eigenvalue weighted by Crippen LogP contribution is -1.81. The molecule has 0 heterocycles. The van der Waals surface area contributed by atoms with Crippen molar-refractivity contribution in [1.82, 2.24) is 0 Å². The molecule has 3 N–H and O–H groups in total. The van der Waals surface area contributed by atoms with Gasteiger partial charge in [-0.1, -0.05) is 0 Å².